The van der Waals surface area contributed by atoms with Gasteiger partial charge >= 0.3 is 0 Å². The minimum Gasteiger partial charge on any atom is -0.401 e. The fourth-order valence-electron chi connectivity index (χ4n) is 7.39. The average Bonchev–Trinajstić information content (AvgIpc) is 3.64. The Morgan fingerprint density at radius 1 is 0.957 bits per heavy atom. The van der Waals surface area contributed by atoms with Crippen LogP contribution in [0.3, 0.4) is 0 Å². The van der Waals surface area contributed by atoms with Crippen LogP contribution in [0.5, 0.6) is 0 Å². The largest absolute Gasteiger partial charge is 0.401 e. The number of nitrogens with one attached hydrogen (secondary N) is 3. The molecule has 3 N–H and O–H groups in total. The van der Waals surface area contributed by atoms with Gasteiger partial charge in [-0.1, -0.05) is 99.6 Å². The van der Waals surface area contributed by atoms with E-state index >= 15 is 8.78 Å². The standard InChI is InChI=1S/C37H43F2N5OSSi/c1-25-19-30-29-17-11-12-18-31(29)43-33(30)34(32-22-41-35(46-32)42-26-20-40-21-26)44(25)23-37(38,39)24-45-47(36(2,3)4,27-13-7-5-8-14-27)28-15-9-6-10-16-28/h5-18,22,25-26,34,40,43H,19-21,23-24H2,1-4H3,(H,41,42)/t25-,34-/m1/s1. The van der Waals surface area contributed by atoms with E-state index in [1.807, 2.05) is 83.9 Å². The van der Waals surface area contributed by atoms with E-state index in [4.69, 9.17) is 9.41 Å². The molecule has 1 fully saturated rings. The summed E-state index contributed by atoms with van der Waals surface area (Å²) in [7, 11) is -3.14. The van der Waals surface area contributed by atoms with Gasteiger partial charge in [-0.15, -0.1) is 11.3 Å². The molecule has 1 saturated heterocycles. The second kappa shape index (κ2) is 12.6. The fourth-order valence-corrected chi connectivity index (χ4v) is 13.0. The lowest BCUT2D eigenvalue weighted by Crippen LogP contribution is -2.67. The number of benzene rings is 3. The minimum atomic E-state index is -3.14. The number of H-pyrrole nitrogens is 1. The van der Waals surface area contributed by atoms with E-state index in [9.17, 15) is 0 Å². The highest BCUT2D eigenvalue weighted by Crippen LogP contribution is 2.44. The normalized spacial score (nSPS) is 19.4. The number of anilines is 1. The second-order valence-electron chi connectivity index (χ2n) is 14.1. The van der Waals surface area contributed by atoms with Crippen molar-refractivity contribution in [1.29, 1.82) is 0 Å². The number of aromatic amines is 1. The highest BCUT2D eigenvalue weighted by atomic mass is 32.1. The van der Waals surface area contributed by atoms with Gasteiger partial charge < -0.3 is 20.0 Å². The Morgan fingerprint density at radius 3 is 2.21 bits per heavy atom. The maximum Gasteiger partial charge on any atom is 0.282 e. The first-order valence-electron chi connectivity index (χ1n) is 16.5. The predicted molar refractivity (Wildman–Crippen MR) is 191 cm³/mol. The number of nitrogens with zero attached hydrogens (tertiary/aromatic N) is 2. The lowest BCUT2D eigenvalue weighted by atomic mass is 9.91. The lowest BCUT2D eigenvalue weighted by molar-refractivity contribution is -0.0818. The molecule has 2 aliphatic rings. The van der Waals surface area contributed by atoms with Crippen LogP contribution >= 0.6 is 11.3 Å². The number of hydrogen-bond acceptors (Lipinski definition) is 6. The summed E-state index contributed by atoms with van der Waals surface area (Å²) in [6.45, 7) is 9.11. The lowest BCUT2D eigenvalue weighted by Gasteiger charge is -2.45. The second-order valence-corrected chi connectivity index (χ2v) is 19.4. The molecule has 0 bridgehead atoms. The zero-order chi connectivity index (χ0) is 32.8. The van der Waals surface area contributed by atoms with E-state index < -0.39 is 32.4 Å². The smallest absolute Gasteiger partial charge is 0.282 e. The Balaban J connectivity index is 1.23. The summed E-state index contributed by atoms with van der Waals surface area (Å²) in [4.78, 5) is 11.2. The molecule has 7 rings (SSSR count). The van der Waals surface area contributed by atoms with Crippen molar-refractivity contribution < 1.29 is 13.2 Å². The molecule has 0 unspecified atom stereocenters. The third-order valence-corrected chi connectivity index (χ3v) is 15.7. The van der Waals surface area contributed by atoms with Crippen LogP contribution in [-0.4, -0.2) is 67.4 Å². The summed E-state index contributed by atoms with van der Waals surface area (Å²) in [6, 6.07) is 28.1. The van der Waals surface area contributed by atoms with Gasteiger partial charge in [0.15, 0.2) is 5.13 Å². The van der Waals surface area contributed by atoms with Crippen LogP contribution in [0.1, 0.15) is 49.9 Å². The molecule has 0 saturated carbocycles. The van der Waals surface area contributed by atoms with Crippen LogP contribution in [0.4, 0.5) is 13.9 Å². The highest BCUT2D eigenvalue weighted by Gasteiger charge is 2.52. The van der Waals surface area contributed by atoms with Crippen molar-refractivity contribution in [1.82, 2.24) is 20.2 Å². The number of fused-ring (bicyclic) bond motifs is 3. The molecule has 5 aromatic rings. The van der Waals surface area contributed by atoms with Crippen LogP contribution < -0.4 is 21.0 Å². The summed E-state index contributed by atoms with van der Waals surface area (Å²) in [5.41, 5.74) is 3.21. The summed E-state index contributed by atoms with van der Waals surface area (Å²) in [5, 5.41) is 10.3. The maximum atomic E-state index is 16.6. The molecular weight excluding hydrogens is 629 g/mol. The van der Waals surface area contributed by atoms with Crippen molar-refractivity contribution in [2.45, 2.75) is 63.2 Å². The van der Waals surface area contributed by atoms with Gasteiger partial charge in [-0.3, -0.25) is 4.90 Å². The van der Waals surface area contributed by atoms with Crippen molar-refractivity contribution in [3.05, 3.63) is 107 Å². The van der Waals surface area contributed by atoms with E-state index in [0.29, 0.717) is 12.5 Å². The molecule has 4 heterocycles. The van der Waals surface area contributed by atoms with Gasteiger partial charge in [-0.25, -0.2) is 13.8 Å². The van der Waals surface area contributed by atoms with Gasteiger partial charge in [0.2, 0.25) is 0 Å². The number of halogens is 2. The van der Waals surface area contributed by atoms with Crippen molar-refractivity contribution in [3.8, 4) is 0 Å². The van der Waals surface area contributed by atoms with Crippen LogP contribution in [0.2, 0.25) is 5.04 Å². The first-order valence-corrected chi connectivity index (χ1v) is 19.2. The first kappa shape index (κ1) is 32.1. The van der Waals surface area contributed by atoms with Gasteiger partial charge in [0, 0.05) is 46.8 Å². The molecule has 6 nitrogen and oxygen atoms in total. The molecule has 2 aliphatic heterocycles. The molecule has 2 atom stereocenters. The number of aromatic nitrogens is 2. The Bertz CT molecular complexity index is 1780. The Morgan fingerprint density at radius 2 is 1.60 bits per heavy atom. The molecule has 3 aromatic carbocycles. The zero-order valence-electron chi connectivity index (χ0n) is 27.4. The predicted octanol–water partition coefficient (Wildman–Crippen LogP) is 6.56. The SMILES string of the molecule is C[C@@H]1Cc2c([nH]c3ccccc23)[C@@H](c2cnc(NC3CNC3)s2)N1CC(F)(F)CO[Si](c1ccccc1)(c1ccccc1)C(C)(C)C. The topological polar surface area (TPSA) is 65.2 Å². The van der Waals surface area contributed by atoms with Crippen molar-refractivity contribution >= 4 is 46.1 Å². The number of alkyl halides is 2. The summed E-state index contributed by atoms with van der Waals surface area (Å²) >= 11 is 1.56. The quantitative estimate of drug-likeness (QED) is 0.147. The number of thiazole rings is 1. The van der Waals surface area contributed by atoms with Gasteiger partial charge in [0.1, 0.15) is 0 Å². The molecule has 0 aliphatic carbocycles. The number of rotatable bonds is 10. The minimum absolute atomic E-state index is 0.125. The monoisotopic (exact) mass is 671 g/mol. The van der Waals surface area contributed by atoms with Crippen molar-refractivity contribution in [2.24, 2.45) is 0 Å². The van der Waals surface area contributed by atoms with E-state index in [0.717, 1.165) is 50.1 Å². The molecule has 0 radical (unpaired) electrons. The molecule has 0 amide bonds. The third-order valence-electron chi connectivity index (χ3n) is 9.75. The summed E-state index contributed by atoms with van der Waals surface area (Å²) in [5.74, 6) is -3.12. The molecular formula is C37H43F2N5OSSi. The Hall–Kier alpha value is -3.41. The molecule has 246 valence electrons. The van der Waals surface area contributed by atoms with Crippen LogP contribution in [-0.2, 0) is 10.8 Å². The van der Waals surface area contributed by atoms with E-state index in [1.54, 1.807) is 11.3 Å². The zero-order valence-corrected chi connectivity index (χ0v) is 29.2. The summed E-state index contributed by atoms with van der Waals surface area (Å²) in [6.07, 6.45) is 2.54. The van der Waals surface area contributed by atoms with Gasteiger partial charge in [0.05, 0.1) is 25.2 Å². The third kappa shape index (κ3) is 6.06. The summed E-state index contributed by atoms with van der Waals surface area (Å²) < 4.78 is 40.1. The van der Waals surface area contributed by atoms with Gasteiger partial charge in [0.25, 0.3) is 14.2 Å². The number of para-hydroxylation sites is 1. The van der Waals surface area contributed by atoms with E-state index in [1.165, 1.54) is 5.56 Å². The van der Waals surface area contributed by atoms with Crippen LogP contribution in [0.25, 0.3) is 10.9 Å². The van der Waals surface area contributed by atoms with E-state index in [2.05, 4.69) is 55.4 Å². The van der Waals surface area contributed by atoms with Crippen molar-refractivity contribution in [3.63, 3.8) is 0 Å². The average molecular weight is 672 g/mol. The molecule has 47 heavy (non-hydrogen) atoms. The van der Waals surface area contributed by atoms with Gasteiger partial charge in [-0.2, -0.15) is 0 Å². The van der Waals surface area contributed by atoms with Crippen molar-refractivity contribution in [2.75, 3.05) is 31.6 Å². The van der Waals surface area contributed by atoms with Gasteiger partial charge in [-0.05, 0) is 40.4 Å². The highest BCUT2D eigenvalue weighted by molar-refractivity contribution is 7.15. The molecule has 0 spiro atoms. The first-order chi connectivity index (χ1) is 22.6. The Kier molecular flexibility index (Phi) is 8.59. The number of hydrogen-bond donors (Lipinski definition) is 3. The molecule has 2 aromatic heterocycles. The van der Waals surface area contributed by atoms with E-state index in [-0.39, 0.29) is 12.1 Å². The molecule has 10 heteroatoms. The van der Waals surface area contributed by atoms with Crippen LogP contribution in [0.15, 0.2) is 91.1 Å². The van der Waals surface area contributed by atoms with Crippen LogP contribution in [0, 0.1) is 0 Å². The Labute approximate surface area is 280 Å². The fraction of sp³-hybridized carbons (Fsp3) is 0.378. The maximum absolute atomic E-state index is 16.6.